The van der Waals surface area contributed by atoms with Gasteiger partial charge in [-0.25, -0.2) is 4.79 Å². The normalized spacial score (nSPS) is 17.4. The second kappa shape index (κ2) is 10.3. The van der Waals surface area contributed by atoms with Crippen LogP contribution in [0.4, 0.5) is 0 Å². The number of piperidine rings is 1. The molecule has 30 heavy (non-hydrogen) atoms. The molecular weight excluding hydrogens is 422 g/mol. The number of thioether (sulfide) groups is 1. The van der Waals surface area contributed by atoms with Crippen molar-refractivity contribution in [3.8, 4) is 0 Å². The van der Waals surface area contributed by atoms with Crippen molar-refractivity contribution in [2.45, 2.75) is 39.2 Å². The minimum Gasteiger partial charge on any atom is -0.462 e. The number of ether oxygens (including phenoxy) is 1. The molecule has 3 rings (SSSR count). The van der Waals surface area contributed by atoms with Crippen LogP contribution in [0.3, 0.4) is 0 Å². The third kappa shape index (κ3) is 5.31. The number of thiazole rings is 1. The molecule has 0 radical (unpaired) electrons. The van der Waals surface area contributed by atoms with Gasteiger partial charge in [0.25, 0.3) is 5.91 Å². The van der Waals surface area contributed by atoms with Crippen molar-refractivity contribution < 1.29 is 19.1 Å². The molecule has 1 aromatic heterocycles. The van der Waals surface area contributed by atoms with Crippen molar-refractivity contribution in [1.29, 1.82) is 0 Å². The number of carbonyl (C=O) groups excluding carboxylic acids is 3. The maximum absolute atomic E-state index is 12.4. The lowest BCUT2D eigenvalue weighted by atomic mass is 10.0. The van der Waals surface area contributed by atoms with E-state index < -0.39 is 0 Å². The Morgan fingerprint density at radius 3 is 2.80 bits per heavy atom. The zero-order chi connectivity index (χ0) is 21.7. The van der Waals surface area contributed by atoms with E-state index in [1.54, 1.807) is 19.1 Å². The first-order valence-electron chi connectivity index (χ1n) is 10.1. The lowest BCUT2D eigenvalue weighted by Gasteiger charge is -2.33. The van der Waals surface area contributed by atoms with Crippen LogP contribution in [-0.4, -0.2) is 57.9 Å². The van der Waals surface area contributed by atoms with Crippen LogP contribution in [0.5, 0.6) is 0 Å². The lowest BCUT2D eigenvalue weighted by molar-refractivity contribution is -0.131. The molecule has 0 bridgehead atoms. The van der Waals surface area contributed by atoms with Crippen LogP contribution in [0, 0.1) is 0 Å². The lowest BCUT2D eigenvalue weighted by Crippen LogP contribution is -2.43. The zero-order valence-electron chi connectivity index (χ0n) is 17.6. The minimum absolute atomic E-state index is 0.0962. The van der Waals surface area contributed by atoms with E-state index in [1.807, 2.05) is 22.6 Å². The van der Waals surface area contributed by atoms with Crippen molar-refractivity contribution in [3.05, 3.63) is 28.6 Å². The Balaban J connectivity index is 1.64. The number of hydrogen-bond acceptors (Lipinski definition) is 6. The van der Waals surface area contributed by atoms with Crippen molar-refractivity contribution in [2.24, 2.45) is 12.0 Å². The van der Waals surface area contributed by atoms with Gasteiger partial charge in [0.1, 0.15) is 0 Å². The fourth-order valence-electron chi connectivity index (χ4n) is 3.50. The van der Waals surface area contributed by atoms with E-state index in [1.165, 1.54) is 29.5 Å². The van der Waals surface area contributed by atoms with Crippen LogP contribution in [0.2, 0.25) is 0 Å². The van der Waals surface area contributed by atoms with Gasteiger partial charge in [-0.05, 0) is 51.3 Å². The number of fused-ring (bicyclic) bond motifs is 1. The minimum atomic E-state index is -0.367. The molecule has 0 spiro atoms. The summed E-state index contributed by atoms with van der Waals surface area (Å²) in [5, 5.41) is 0. The van der Waals surface area contributed by atoms with E-state index in [0.717, 1.165) is 29.6 Å². The summed E-state index contributed by atoms with van der Waals surface area (Å²) in [6.45, 7) is 4.98. The molecule has 1 aromatic carbocycles. The summed E-state index contributed by atoms with van der Waals surface area (Å²) in [4.78, 5) is 43.3. The van der Waals surface area contributed by atoms with Gasteiger partial charge >= 0.3 is 5.97 Å². The van der Waals surface area contributed by atoms with Gasteiger partial charge in [0, 0.05) is 19.6 Å². The summed E-state index contributed by atoms with van der Waals surface area (Å²) < 4.78 is 7.73. The fourth-order valence-corrected chi connectivity index (χ4v) is 5.25. The molecule has 9 heteroatoms. The molecule has 0 saturated carbocycles. The second-order valence-corrected chi connectivity index (χ2v) is 9.27. The molecule has 2 aromatic rings. The maximum atomic E-state index is 12.4. The summed E-state index contributed by atoms with van der Waals surface area (Å²) in [7, 11) is 1.84. The summed E-state index contributed by atoms with van der Waals surface area (Å²) in [6.07, 6.45) is 3.27. The Hall–Kier alpha value is -2.13. The Morgan fingerprint density at radius 2 is 2.07 bits per heavy atom. The van der Waals surface area contributed by atoms with Crippen LogP contribution in [-0.2, 0) is 21.4 Å². The molecule has 2 heterocycles. The number of carbonyl (C=O) groups is 3. The number of nitrogens with zero attached hydrogens (tertiary/aromatic N) is 3. The van der Waals surface area contributed by atoms with Gasteiger partial charge in [0.05, 0.1) is 33.9 Å². The van der Waals surface area contributed by atoms with Crippen molar-refractivity contribution >= 4 is 51.1 Å². The average Bonchev–Trinajstić information content (AvgIpc) is 3.03. The molecule has 1 aliphatic heterocycles. The number of likely N-dealkylation sites (tertiary alicyclic amines) is 1. The van der Waals surface area contributed by atoms with E-state index in [-0.39, 0.29) is 29.6 Å². The van der Waals surface area contributed by atoms with E-state index >= 15 is 0 Å². The molecule has 1 aliphatic rings. The van der Waals surface area contributed by atoms with Gasteiger partial charge in [-0.3, -0.25) is 9.59 Å². The van der Waals surface area contributed by atoms with E-state index in [0.29, 0.717) is 22.7 Å². The topological polar surface area (TPSA) is 81.0 Å². The Labute approximate surface area is 184 Å². The molecule has 7 nitrogen and oxygen atoms in total. The quantitative estimate of drug-likeness (QED) is 0.634. The van der Waals surface area contributed by atoms with Crippen LogP contribution in [0.15, 0.2) is 23.2 Å². The largest absolute Gasteiger partial charge is 0.462 e. The zero-order valence-corrected chi connectivity index (χ0v) is 19.2. The SMILES string of the molecule is CCOC(=O)c1ccc2c(c1)sc(=NC(=O)CSCC(=O)N1CCCCC1C)n2C. The van der Waals surface area contributed by atoms with Gasteiger partial charge < -0.3 is 14.2 Å². The summed E-state index contributed by atoms with van der Waals surface area (Å²) in [5.74, 6) is -0.0798. The smallest absolute Gasteiger partial charge is 0.338 e. The molecule has 2 amide bonds. The van der Waals surface area contributed by atoms with Crippen LogP contribution in [0.25, 0.3) is 10.2 Å². The van der Waals surface area contributed by atoms with Gasteiger partial charge in [-0.15, -0.1) is 11.8 Å². The molecular formula is C21H27N3O4S2. The Morgan fingerprint density at radius 1 is 1.27 bits per heavy atom. The van der Waals surface area contributed by atoms with Gasteiger partial charge in [-0.2, -0.15) is 4.99 Å². The van der Waals surface area contributed by atoms with Crippen molar-refractivity contribution in [2.75, 3.05) is 24.7 Å². The Bertz CT molecular complexity index is 1010. The van der Waals surface area contributed by atoms with Gasteiger partial charge in [0.15, 0.2) is 4.80 Å². The number of hydrogen-bond donors (Lipinski definition) is 0. The molecule has 1 saturated heterocycles. The summed E-state index contributed by atoms with van der Waals surface area (Å²) >= 11 is 2.66. The van der Waals surface area contributed by atoms with Crippen LogP contribution < -0.4 is 4.80 Å². The second-order valence-electron chi connectivity index (χ2n) is 7.28. The van der Waals surface area contributed by atoms with E-state index in [2.05, 4.69) is 11.9 Å². The summed E-state index contributed by atoms with van der Waals surface area (Å²) in [5.41, 5.74) is 1.37. The highest BCUT2D eigenvalue weighted by atomic mass is 32.2. The van der Waals surface area contributed by atoms with Gasteiger partial charge in [-0.1, -0.05) is 11.3 Å². The predicted octanol–water partition coefficient (Wildman–Crippen LogP) is 2.98. The molecule has 1 fully saturated rings. The first kappa shape index (κ1) is 22.6. The first-order valence-corrected chi connectivity index (χ1v) is 12.1. The highest BCUT2D eigenvalue weighted by Gasteiger charge is 2.23. The molecule has 0 aliphatic carbocycles. The molecule has 1 atom stereocenters. The Kier molecular flexibility index (Phi) is 7.71. The first-order chi connectivity index (χ1) is 14.4. The highest BCUT2D eigenvalue weighted by Crippen LogP contribution is 2.20. The average molecular weight is 450 g/mol. The van der Waals surface area contributed by atoms with E-state index in [4.69, 9.17) is 4.74 Å². The molecule has 1 unspecified atom stereocenters. The number of benzene rings is 1. The number of esters is 1. The number of rotatable bonds is 6. The van der Waals surface area contributed by atoms with Crippen molar-refractivity contribution in [3.63, 3.8) is 0 Å². The standard InChI is InChI=1S/C21H27N3O4S2/c1-4-28-20(27)15-8-9-16-17(11-15)30-21(23(16)3)22-18(25)12-29-13-19(26)24-10-6-5-7-14(24)2/h8-9,11,14H,4-7,10,12-13H2,1-3H3. The third-order valence-corrected chi connectivity index (χ3v) is 7.11. The third-order valence-electron chi connectivity index (χ3n) is 5.12. The highest BCUT2D eigenvalue weighted by molar-refractivity contribution is 8.00. The van der Waals surface area contributed by atoms with Gasteiger partial charge in [0.2, 0.25) is 5.91 Å². The fraction of sp³-hybridized carbons (Fsp3) is 0.524. The van der Waals surface area contributed by atoms with Crippen LogP contribution in [0.1, 0.15) is 43.5 Å². The number of amides is 2. The van der Waals surface area contributed by atoms with Crippen LogP contribution >= 0.6 is 23.1 Å². The summed E-state index contributed by atoms with van der Waals surface area (Å²) in [6, 6.07) is 5.58. The predicted molar refractivity (Wildman–Crippen MR) is 120 cm³/mol. The molecule has 162 valence electrons. The maximum Gasteiger partial charge on any atom is 0.338 e. The molecule has 0 N–H and O–H groups in total. The van der Waals surface area contributed by atoms with Crippen molar-refractivity contribution in [1.82, 2.24) is 9.47 Å². The number of aryl methyl sites for hydroxylation is 1. The number of aromatic nitrogens is 1. The monoisotopic (exact) mass is 449 g/mol. The van der Waals surface area contributed by atoms with E-state index in [9.17, 15) is 14.4 Å².